The molecule has 0 heterocycles. The van der Waals surface area contributed by atoms with Gasteiger partial charge in [-0.15, -0.1) is 0 Å². The van der Waals surface area contributed by atoms with Crippen molar-refractivity contribution in [2.45, 2.75) is 6.92 Å². The van der Waals surface area contributed by atoms with Crippen molar-refractivity contribution >= 4 is 18.7 Å². The normalized spacial score (nSPS) is 8.81. The third-order valence-corrected chi connectivity index (χ3v) is 2.12. The van der Waals surface area contributed by atoms with Crippen LogP contribution in [0, 0.1) is 29.6 Å². The quantitative estimate of drug-likeness (QED) is 0.537. The molecule has 0 aliphatic rings. The molecule has 0 atom stereocenters. The van der Waals surface area contributed by atoms with Crippen molar-refractivity contribution in [2.24, 2.45) is 0 Å². The molecule has 4 nitrogen and oxygen atoms in total. The van der Waals surface area contributed by atoms with Gasteiger partial charge in [-0.3, -0.25) is 0 Å². The van der Waals surface area contributed by atoms with Gasteiger partial charge in [0.1, 0.15) is 17.7 Å². The minimum Gasteiger partial charge on any atom is -0.423 e. The summed E-state index contributed by atoms with van der Waals surface area (Å²) in [6, 6.07) is 8.38. The maximum absolute atomic E-state index is 9.01. The first-order valence-electron chi connectivity index (χ1n) is 4.57. The van der Waals surface area contributed by atoms with Crippen LogP contribution in [0.5, 0.6) is 0 Å². The van der Waals surface area contributed by atoms with E-state index in [4.69, 9.17) is 20.6 Å². The molecule has 0 fully saturated rings. The molecule has 0 saturated heterocycles. The Bertz CT molecular complexity index is 494. The van der Waals surface area contributed by atoms with Gasteiger partial charge >= 0.3 is 7.12 Å². The van der Waals surface area contributed by atoms with Crippen molar-refractivity contribution in [3.63, 3.8) is 0 Å². The zero-order valence-electron chi connectivity index (χ0n) is 8.68. The Balaban J connectivity index is 3.14. The van der Waals surface area contributed by atoms with E-state index in [1.807, 2.05) is 0 Å². The predicted octanol–water partition coefficient (Wildman–Crippen LogP) is 0.105. The molecular formula is C11H9BN2O2. The summed E-state index contributed by atoms with van der Waals surface area (Å²) < 4.78 is 0. The molecule has 2 N–H and O–H groups in total. The highest BCUT2D eigenvalue weighted by Gasteiger charge is 2.13. The zero-order valence-corrected chi connectivity index (χ0v) is 8.68. The number of allylic oxidation sites excluding steroid dienone is 1. The smallest absolute Gasteiger partial charge is 0.423 e. The molecule has 1 rings (SSSR count). The highest BCUT2D eigenvalue weighted by Crippen LogP contribution is 2.07. The summed E-state index contributed by atoms with van der Waals surface area (Å²) in [4.78, 5) is 0. The van der Waals surface area contributed by atoms with E-state index in [2.05, 4.69) is 0 Å². The van der Waals surface area contributed by atoms with Gasteiger partial charge in [-0.25, -0.2) is 0 Å². The summed E-state index contributed by atoms with van der Waals surface area (Å²) in [5, 5.41) is 35.2. The largest absolute Gasteiger partial charge is 0.488 e. The Morgan fingerprint density at radius 1 is 1.31 bits per heavy atom. The van der Waals surface area contributed by atoms with Crippen LogP contribution >= 0.6 is 0 Å². The van der Waals surface area contributed by atoms with Crippen molar-refractivity contribution in [1.82, 2.24) is 0 Å². The van der Waals surface area contributed by atoms with Gasteiger partial charge in [0.2, 0.25) is 0 Å². The number of hydrogen-bond donors (Lipinski definition) is 2. The Morgan fingerprint density at radius 2 is 1.94 bits per heavy atom. The van der Waals surface area contributed by atoms with E-state index in [0.717, 1.165) is 0 Å². The fraction of sp³-hybridized carbons (Fsp3) is 0.0909. The average molecular weight is 212 g/mol. The van der Waals surface area contributed by atoms with Crippen LogP contribution in [0.25, 0.3) is 6.08 Å². The lowest BCUT2D eigenvalue weighted by atomic mass is 9.77. The molecule has 0 spiro atoms. The van der Waals surface area contributed by atoms with Crippen molar-refractivity contribution in [1.29, 1.82) is 10.5 Å². The Labute approximate surface area is 93.8 Å². The summed E-state index contributed by atoms with van der Waals surface area (Å²) in [6.07, 6.45) is 1.44. The number of nitriles is 2. The number of rotatable bonds is 2. The standard InChI is InChI=1S/C11H9BN2O2/c1-8-4-9(5-10(6-13)7-14)2-3-11(8)12(15)16/h2-5,15-16H,1H3. The van der Waals surface area contributed by atoms with E-state index < -0.39 is 7.12 Å². The minimum atomic E-state index is -1.51. The van der Waals surface area contributed by atoms with Crippen LogP contribution < -0.4 is 5.46 Å². The van der Waals surface area contributed by atoms with Crippen LogP contribution in [0.3, 0.4) is 0 Å². The molecule has 0 saturated carbocycles. The first kappa shape index (κ1) is 12.0. The van der Waals surface area contributed by atoms with E-state index in [1.165, 1.54) is 6.08 Å². The third kappa shape index (κ3) is 2.71. The molecule has 1 aromatic carbocycles. The van der Waals surface area contributed by atoms with Gasteiger partial charge < -0.3 is 10.0 Å². The van der Waals surface area contributed by atoms with Crippen LogP contribution in [0.2, 0.25) is 0 Å². The van der Waals surface area contributed by atoms with E-state index >= 15 is 0 Å². The molecule has 16 heavy (non-hydrogen) atoms. The summed E-state index contributed by atoms with van der Waals surface area (Å²) in [6.45, 7) is 1.73. The van der Waals surface area contributed by atoms with Crippen molar-refractivity contribution < 1.29 is 10.0 Å². The van der Waals surface area contributed by atoms with Gasteiger partial charge in [0, 0.05) is 0 Å². The maximum Gasteiger partial charge on any atom is 0.488 e. The highest BCUT2D eigenvalue weighted by molar-refractivity contribution is 6.59. The Hall–Kier alpha value is -2.08. The SMILES string of the molecule is Cc1cc(C=C(C#N)C#N)ccc1B(O)O. The van der Waals surface area contributed by atoms with Crippen LogP contribution in [0.15, 0.2) is 23.8 Å². The molecule has 5 heteroatoms. The van der Waals surface area contributed by atoms with Crippen molar-refractivity contribution in [3.8, 4) is 12.1 Å². The van der Waals surface area contributed by atoms with Crippen molar-refractivity contribution in [3.05, 3.63) is 34.9 Å². The third-order valence-electron chi connectivity index (χ3n) is 2.12. The fourth-order valence-corrected chi connectivity index (χ4v) is 1.33. The van der Waals surface area contributed by atoms with Gasteiger partial charge in [0.15, 0.2) is 0 Å². The lowest BCUT2D eigenvalue weighted by molar-refractivity contribution is 0.425. The van der Waals surface area contributed by atoms with Gasteiger partial charge in [-0.1, -0.05) is 23.8 Å². The predicted molar refractivity (Wildman–Crippen MR) is 60.2 cm³/mol. The van der Waals surface area contributed by atoms with Gasteiger partial charge in [0.25, 0.3) is 0 Å². The molecule has 1 aromatic rings. The molecule has 0 aliphatic carbocycles. The van der Waals surface area contributed by atoms with Crippen LogP contribution in [0.1, 0.15) is 11.1 Å². The van der Waals surface area contributed by atoms with E-state index in [-0.39, 0.29) is 5.57 Å². The summed E-state index contributed by atoms with van der Waals surface area (Å²) in [7, 11) is -1.51. The first-order chi connectivity index (χ1) is 7.58. The average Bonchev–Trinajstić information content (AvgIpc) is 2.25. The molecule has 0 radical (unpaired) electrons. The second-order valence-electron chi connectivity index (χ2n) is 3.27. The summed E-state index contributed by atoms with van der Waals surface area (Å²) >= 11 is 0. The van der Waals surface area contributed by atoms with Gasteiger partial charge in [-0.2, -0.15) is 10.5 Å². The summed E-state index contributed by atoms with van der Waals surface area (Å²) in [5.74, 6) is 0. The van der Waals surface area contributed by atoms with Crippen LogP contribution in [0.4, 0.5) is 0 Å². The molecule has 0 unspecified atom stereocenters. The second kappa shape index (κ2) is 5.13. The van der Waals surface area contributed by atoms with E-state index in [0.29, 0.717) is 16.6 Å². The van der Waals surface area contributed by atoms with Crippen LogP contribution in [-0.2, 0) is 0 Å². The molecule has 78 valence electrons. The van der Waals surface area contributed by atoms with E-state index in [9.17, 15) is 0 Å². The fourth-order valence-electron chi connectivity index (χ4n) is 1.33. The topological polar surface area (TPSA) is 88.0 Å². The Kier molecular flexibility index (Phi) is 3.85. The molecule has 0 aromatic heterocycles. The molecule has 0 aliphatic heterocycles. The van der Waals surface area contributed by atoms with Gasteiger partial charge in [-0.05, 0) is 24.0 Å². The summed E-state index contributed by atoms with van der Waals surface area (Å²) in [5.41, 5.74) is 1.79. The Morgan fingerprint density at radius 3 is 2.38 bits per heavy atom. The number of benzene rings is 1. The van der Waals surface area contributed by atoms with E-state index in [1.54, 1.807) is 37.3 Å². The number of aryl methyl sites for hydroxylation is 1. The first-order valence-corrected chi connectivity index (χ1v) is 4.57. The monoisotopic (exact) mass is 212 g/mol. The second-order valence-corrected chi connectivity index (χ2v) is 3.27. The van der Waals surface area contributed by atoms with Gasteiger partial charge in [0.05, 0.1) is 0 Å². The molecule has 0 amide bonds. The minimum absolute atomic E-state index is 0.0108. The zero-order chi connectivity index (χ0) is 12.1. The lowest BCUT2D eigenvalue weighted by Crippen LogP contribution is -2.31. The maximum atomic E-state index is 9.01. The van der Waals surface area contributed by atoms with Crippen LogP contribution in [-0.4, -0.2) is 17.2 Å². The highest BCUT2D eigenvalue weighted by atomic mass is 16.4. The lowest BCUT2D eigenvalue weighted by Gasteiger charge is -2.04. The number of hydrogen-bond acceptors (Lipinski definition) is 4. The molecule has 0 bridgehead atoms. The molecular weight excluding hydrogens is 203 g/mol. The number of nitrogens with zero attached hydrogens (tertiary/aromatic N) is 2. The van der Waals surface area contributed by atoms with Crippen molar-refractivity contribution in [2.75, 3.05) is 0 Å².